The van der Waals surface area contributed by atoms with Crippen LogP contribution in [-0.4, -0.2) is 46.7 Å². The summed E-state index contributed by atoms with van der Waals surface area (Å²) in [5, 5.41) is 3.41. The van der Waals surface area contributed by atoms with Crippen molar-refractivity contribution in [2.75, 3.05) is 26.2 Å². The van der Waals surface area contributed by atoms with E-state index in [4.69, 9.17) is 0 Å². The molecule has 0 amide bonds. The monoisotopic (exact) mass is 318 g/mol. The molecular weight excluding hydrogens is 295 g/mol. The number of nitrogens with zero attached hydrogens (tertiary/aromatic N) is 2. The van der Waals surface area contributed by atoms with Crippen molar-refractivity contribution in [3.8, 4) is 0 Å². The van der Waals surface area contributed by atoms with Crippen molar-refractivity contribution >= 4 is 11.0 Å². The van der Waals surface area contributed by atoms with E-state index in [1.165, 1.54) is 25.0 Å². The molecule has 0 aliphatic carbocycles. The quantitative estimate of drug-likeness (QED) is 0.889. The molecule has 2 saturated heterocycles. The van der Waals surface area contributed by atoms with Crippen LogP contribution in [0.4, 0.5) is 4.39 Å². The second-order valence-electron chi connectivity index (χ2n) is 6.71. The van der Waals surface area contributed by atoms with E-state index in [1.54, 1.807) is 6.07 Å². The van der Waals surface area contributed by atoms with Gasteiger partial charge in [0.15, 0.2) is 0 Å². The van der Waals surface area contributed by atoms with Crippen molar-refractivity contribution in [1.29, 1.82) is 0 Å². The fourth-order valence-electron chi connectivity index (χ4n) is 4.15. The topological polar surface area (TPSA) is 53.1 Å². The number of aromatic amines is 1. The fourth-order valence-corrected chi connectivity index (χ4v) is 4.15. The predicted molar refractivity (Wildman–Crippen MR) is 88.3 cm³/mol. The molecule has 124 valence electrons. The van der Waals surface area contributed by atoms with E-state index in [2.05, 4.69) is 15.2 Å². The van der Waals surface area contributed by atoms with Gasteiger partial charge in [0, 0.05) is 25.2 Å². The number of halogens is 1. The van der Waals surface area contributed by atoms with Crippen LogP contribution in [-0.2, 0) is 0 Å². The lowest BCUT2D eigenvalue weighted by atomic mass is 9.98. The first-order valence-corrected chi connectivity index (χ1v) is 8.57. The molecule has 2 N–H and O–H groups in total. The van der Waals surface area contributed by atoms with Gasteiger partial charge in [-0.15, -0.1) is 0 Å². The molecule has 23 heavy (non-hydrogen) atoms. The van der Waals surface area contributed by atoms with Crippen molar-refractivity contribution in [3.63, 3.8) is 0 Å². The van der Waals surface area contributed by atoms with Crippen LogP contribution in [0.5, 0.6) is 0 Å². The Kier molecular flexibility index (Phi) is 3.95. The van der Waals surface area contributed by atoms with Crippen LogP contribution in [0, 0.1) is 5.82 Å². The summed E-state index contributed by atoms with van der Waals surface area (Å²) >= 11 is 0. The van der Waals surface area contributed by atoms with Gasteiger partial charge >= 0.3 is 5.69 Å². The van der Waals surface area contributed by atoms with Crippen LogP contribution in [0.2, 0.25) is 0 Å². The highest BCUT2D eigenvalue weighted by Crippen LogP contribution is 2.27. The van der Waals surface area contributed by atoms with Crippen LogP contribution in [0.25, 0.3) is 11.0 Å². The summed E-state index contributed by atoms with van der Waals surface area (Å²) in [7, 11) is 0. The van der Waals surface area contributed by atoms with Gasteiger partial charge in [-0.3, -0.25) is 4.57 Å². The van der Waals surface area contributed by atoms with Crippen LogP contribution >= 0.6 is 0 Å². The molecule has 6 heteroatoms. The van der Waals surface area contributed by atoms with Crippen molar-refractivity contribution < 1.29 is 4.39 Å². The molecule has 2 aromatic rings. The number of rotatable bonds is 2. The second kappa shape index (κ2) is 6.09. The summed E-state index contributed by atoms with van der Waals surface area (Å²) in [4.78, 5) is 17.7. The minimum absolute atomic E-state index is 0.120. The number of piperidine rings is 2. The Morgan fingerprint density at radius 2 is 1.78 bits per heavy atom. The first-order valence-electron chi connectivity index (χ1n) is 8.57. The van der Waals surface area contributed by atoms with Crippen molar-refractivity contribution in [2.24, 2.45) is 0 Å². The lowest BCUT2D eigenvalue weighted by Crippen LogP contribution is -2.47. The number of benzene rings is 1. The van der Waals surface area contributed by atoms with Gasteiger partial charge in [0.1, 0.15) is 5.82 Å². The molecule has 0 bridgehead atoms. The molecule has 5 nitrogen and oxygen atoms in total. The molecule has 2 fully saturated rings. The van der Waals surface area contributed by atoms with Gasteiger partial charge in [-0.2, -0.15) is 0 Å². The maximum atomic E-state index is 13.3. The van der Waals surface area contributed by atoms with Gasteiger partial charge in [-0.1, -0.05) is 0 Å². The molecule has 0 atom stereocenters. The first kappa shape index (κ1) is 14.9. The van der Waals surface area contributed by atoms with E-state index in [1.807, 2.05) is 4.57 Å². The number of hydrogen-bond acceptors (Lipinski definition) is 3. The number of likely N-dealkylation sites (tertiary alicyclic amines) is 1. The van der Waals surface area contributed by atoms with Gasteiger partial charge in [0.05, 0.1) is 11.0 Å². The van der Waals surface area contributed by atoms with Gasteiger partial charge in [0.25, 0.3) is 0 Å². The molecule has 1 aromatic heterocycles. The molecule has 0 saturated carbocycles. The Labute approximate surface area is 134 Å². The van der Waals surface area contributed by atoms with Crippen LogP contribution in [0.3, 0.4) is 0 Å². The molecule has 4 rings (SSSR count). The molecule has 0 radical (unpaired) electrons. The van der Waals surface area contributed by atoms with E-state index in [0.717, 1.165) is 44.5 Å². The molecule has 2 aliphatic heterocycles. The Morgan fingerprint density at radius 3 is 2.52 bits per heavy atom. The molecule has 2 aliphatic rings. The first-order chi connectivity index (χ1) is 11.2. The zero-order chi connectivity index (χ0) is 15.8. The standard InChI is InChI=1S/C17H23FN4O/c18-12-1-2-16-15(11-12)20-17(23)22(16)14-5-9-21(10-6-14)13-3-7-19-8-4-13/h1-2,11,13-14,19H,3-10H2,(H,20,23). The Bertz CT molecular complexity index is 739. The molecule has 0 spiro atoms. The molecule has 3 heterocycles. The third-order valence-corrected chi connectivity index (χ3v) is 5.37. The Balaban J connectivity index is 1.52. The summed E-state index contributed by atoms with van der Waals surface area (Å²) in [6, 6.07) is 5.43. The van der Waals surface area contributed by atoms with Crippen molar-refractivity contribution in [3.05, 3.63) is 34.5 Å². The fraction of sp³-hybridized carbons (Fsp3) is 0.588. The number of imidazole rings is 1. The highest BCUT2D eigenvalue weighted by molar-refractivity contribution is 5.75. The van der Waals surface area contributed by atoms with E-state index < -0.39 is 0 Å². The number of nitrogens with one attached hydrogen (secondary N) is 2. The zero-order valence-electron chi connectivity index (χ0n) is 13.2. The second-order valence-corrected chi connectivity index (χ2v) is 6.71. The van der Waals surface area contributed by atoms with E-state index in [9.17, 15) is 9.18 Å². The number of hydrogen-bond donors (Lipinski definition) is 2. The third-order valence-electron chi connectivity index (χ3n) is 5.37. The highest BCUT2D eigenvalue weighted by atomic mass is 19.1. The molecule has 1 aromatic carbocycles. The van der Waals surface area contributed by atoms with Crippen LogP contribution in [0.1, 0.15) is 31.7 Å². The summed E-state index contributed by atoms with van der Waals surface area (Å²) < 4.78 is 15.2. The summed E-state index contributed by atoms with van der Waals surface area (Å²) in [6.45, 7) is 4.29. The van der Waals surface area contributed by atoms with Crippen LogP contribution in [0.15, 0.2) is 23.0 Å². The average molecular weight is 318 g/mol. The number of fused-ring (bicyclic) bond motifs is 1. The Hall–Kier alpha value is -1.66. The van der Waals surface area contributed by atoms with Gasteiger partial charge in [-0.25, -0.2) is 9.18 Å². The summed E-state index contributed by atoms with van der Waals surface area (Å²) in [6.07, 6.45) is 4.40. The van der Waals surface area contributed by atoms with Crippen molar-refractivity contribution in [2.45, 2.75) is 37.8 Å². The summed E-state index contributed by atoms with van der Waals surface area (Å²) in [5.74, 6) is -0.313. The van der Waals surface area contributed by atoms with Crippen molar-refractivity contribution in [1.82, 2.24) is 19.8 Å². The molecular formula is C17H23FN4O. The molecule has 0 unspecified atom stereocenters. The van der Waals surface area contributed by atoms with Gasteiger partial charge in [0.2, 0.25) is 0 Å². The zero-order valence-corrected chi connectivity index (χ0v) is 13.2. The average Bonchev–Trinajstić information content (AvgIpc) is 2.90. The maximum absolute atomic E-state index is 13.3. The minimum Gasteiger partial charge on any atom is -0.317 e. The highest BCUT2D eigenvalue weighted by Gasteiger charge is 2.28. The summed E-state index contributed by atoms with van der Waals surface area (Å²) in [5.41, 5.74) is 1.29. The Morgan fingerprint density at radius 1 is 1.04 bits per heavy atom. The smallest absolute Gasteiger partial charge is 0.317 e. The predicted octanol–water partition coefficient (Wildman–Crippen LogP) is 1.86. The third kappa shape index (κ3) is 2.81. The van der Waals surface area contributed by atoms with E-state index in [0.29, 0.717) is 11.6 Å². The SMILES string of the molecule is O=c1[nH]c2cc(F)ccc2n1C1CCN(C2CCNCC2)CC1. The minimum atomic E-state index is -0.313. The van der Waals surface area contributed by atoms with E-state index in [-0.39, 0.29) is 17.5 Å². The largest absolute Gasteiger partial charge is 0.326 e. The maximum Gasteiger partial charge on any atom is 0.326 e. The normalized spacial score (nSPS) is 22.0. The van der Waals surface area contributed by atoms with Gasteiger partial charge < -0.3 is 15.2 Å². The lowest BCUT2D eigenvalue weighted by molar-refractivity contribution is 0.113. The van der Waals surface area contributed by atoms with Gasteiger partial charge in [-0.05, 0) is 57.0 Å². The number of aromatic nitrogens is 2. The lowest BCUT2D eigenvalue weighted by Gasteiger charge is -2.39. The van der Waals surface area contributed by atoms with Crippen LogP contribution < -0.4 is 11.0 Å². The number of H-pyrrole nitrogens is 1. The van der Waals surface area contributed by atoms with E-state index >= 15 is 0 Å².